The van der Waals surface area contributed by atoms with Crippen molar-refractivity contribution in [1.29, 1.82) is 0 Å². The Morgan fingerprint density at radius 2 is 1.87 bits per heavy atom. The standard InChI is InChI=1S/C25H28N2O2S/c1-16-11-21-20(17(2)14-25(3,4)26(21)5)12-19(16)13-22-23(28)27(24(29)30-22)15-18-9-7-6-8-10-18/h6-13,17H,14-15H2,1-5H3/b22-13-/t17-/m0/s1. The average molecular weight is 421 g/mol. The zero-order chi connectivity index (χ0) is 21.6. The van der Waals surface area contributed by atoms with Gasteiger partial charge in [-0.25, -0.2) is 0 Å². The zero-order valence-electron chi connectivity index (χ0n) is 18.2. The van der Waals surface area contributed by atoms with Gasteiger partial charge >= 0.3 is 0 Å². The highest BCUT2D eigenvalue weighted by Crippen LogP contribution is 2.44. The second-order valence-electron chi connectivity index (χ2n) is 9.00. The lowest BCUT2D eigenvalue weighted by Crippen LogP contribution is -2.45. The molecule has 2 aliphatic heterocycles. The molecular weight excluding hydrogens is 392 g/mol. The maximum Gasteiger partial charge on any atom is 0.293 e. The van der Waals surface area contributed by atoms with Gasteiger partial charge in [-0.3, -0.25) is 14.5 Å². The summed E-state index contributed by atoms with van der Waals surface area (Å²) in [5.74, 6) is 0.226. The Morgan fingerprint density at radius 3 is 2.57 bits per heavy atom. The van der Waals surface area contributed by atoms with Crippen molar-refractivity contribution < 1.29 is 9.59 Å². The number of aryl methyl sites for hydroxylation is 1. The topological polar surface area (TPSA) is 40.6 Å². The lowest BCUT2D eigenvalue weighted by Gasteiger charge is -2.45. The number of rotatable bonds is 3. The lowest BCUT2D eigenvalue weighted by atomic mass is 9.79. The Bertz CT molecular complexity index is 1040. The number of hydrogen-bond acceptors (Lipinski definition) is 4. The Labute approximate surface area is 182 Å². The fourth-order valence-electron chi connectivity index (χ4n) is 4.43. The first-order valence-corrected chi connectivity index (χ1v) is 11.2. The maximum absolute atomic E-state index is 12.9. The first kappa shape index (κ1) is 20.7. The first-order valence-electron chi connectivity index (χ1n) is 10.3. The monoisotopic (exact) mass is 420 g/mol. The molecule has 0 aliphatic carbocycles. The van der Waals surface area contributed by atoms with Crippen molar-refractivity contribution in [2.24, 2.45) is 0 Å². The molecule has 0 N–H and O–H groups in total. The first-order chi connectivity index (χ1) is 14.2. The summed E-state index contributed by atoms with van der Waals surface area (Å²) in [6.45, 7) is 9.20. The van der Waals surface area contributed by atoms with E-state index in [0.29, 0.717) is 17.4 Å². The highest BCUT2D eigenvalue weighted by atomic mass is 32.2. The van der Waals surface area contributed by atoms with Gasteiger partial charge in [0.05, 0.1) is 11.4 Å². The van der Waals surface area contributed by atoms with E-state index in [1.807, 2.05) is 36.4 Å². The number of amides is 2. The molecule has 5 heteroatoms. The van der Waals surface area contributed by atoms with Gasteiger partial charge in [0.15, 0.2) is 0 Å². The van der Waals surface area contributed by atoms with E-state index in [1.165, 1.54) is 16.2 Å². The molecule has 2 aromatic rings. The third kappa shape index (κ3) is 3.67. The summed E-state index contributed by atoms with van der Waals surface area (Å²) >= 11 is 1.03. The van der Waals surface area contributed by atoms with Crippen LogP contribution in [-0.2, 0) is 11.3 Å². The molecule has 4 nitrogen and oxygen atoms in total. The summed E-state index contributed by atoms with van der Waals surface area (Å²) in [5.41, 5.74) is 5.74. The molecule has 0 saturated carbocycles. The molecule has 2 heterocycles. The molecule has 4 rings (SSSR count). The molecule has 1 saturated heterocycles. The SMILES string of the molecule is Cc1cc2c(cc1/C=C1\SC(=O)N(Cc3ccccc3)C1=O)[C@@H](C)CC(C)(C)N2C. The second-order valence-corrected chi connectivity index (χ2v) is 9.99. The van der Waals surface area contributed by atoms with Gasteiger partial charge < -0.3 is 4.90 Å². The van der Waals surface area contributed by atoms with Crippen molar-refractivity contribution in [3.8, 4) is 0 Å². The van der Waals surface area contributed by atoms with Crippen molar-refractivity contribution in [3.63, 3.8) is 0 Å². The number of fused-ring (bicyclic) bond motifs is 1. The Hall–Kier alpha value is -2.53. The van der Waals surface area contributed by atoms with Crippen LogP contribution in [0.1, 0.15) is 55.4 Å². The third-order valence-corrected chi connectivity index (χ3v) is 7.27. The molecule has 2 amide bonds. The van der Waals surface area contributed by atoms with Crippen LogP contribution >= 0.6 is 11.8 Å². The smallest absolute Gasteiger partial charge is 0.293 e. The summed E-state index contributed by atoms with van der Waals surface area (Å²) in [5, 5.41) is -0.208. The Morgan fingerprint density at radius 1 is 1.17 bits per heavy atom. The molecule has 0 spiro atoms. The normalized spacial score (nSPS) is 22.0. The predicted molar refractivity (Wildman–Crippen MR) is 125 cm³/mol. The maximum atomic E-state index is 12.9. The number of thioether (sulfide) groups is 1. The second kappa shape index (κ2) is 7.62. The summed E-state index contributed by atoms with van der Waals surface area (Å²) in [6, 6.07) is 14.0. The molecule has 2 aromatic carbocycles. The van der Waals surface area contributed by atoms with Crippen LogP contribution in [0.4, 0.5) is 10.5 Å². The van der Waals surface area contributed by atoms with Crippen LogP contribution in [0.15, 0.2) is 47.4 Å². The minimum absolute atomic E-state index is 0.112. The van der Waals surface area contributed by atoms with E-state index in [9.17, 15) is 9.59 Å². The van der Waals surface area contributed by atoms with Gasteiger partial charge in [0.25, 0.3) is 11.1 Å². The van der Waals surface area contributed by atoms with E-state index in [-0.39, 0.29) is 16.7 Å². The van der Waals surface area contributed by atoms with E-state index in [4.69, 9.17) is 0 Å². The van der Waals surface area contributed by atoms with E-state index in [2.05, 4.69) is 51.8 Å². The Balaban J connectivity index is 1.65. The van der Waals surface area contributed by atoms with Gasteiger partial charge in [0, 0.05) is 18.3 Å². The molecule has 0 radical (unpaired) electrons. The molecule has 30 heavy (non-hydrogen) atoms. The number of carbonyl (C=O) groups is 2. The molecule has 156 valence electrons. The van der Waals surface area contributed by atoms with Crippen LogP contribution in [0.25, 0.3) is 6.08 Å². The predicted octanol–water partition coefficient (Wildman–Crippen LogP) is 5.95. The van der Waals surface area contributed by atoms with Crippen molar-refractivity contribution in [1.82, 2.24) is 4.90 Å². The number of imide groups is 1. The van der Waals surface area contributed by atoms with E-state index in [1.54, 1.807) is 0 Å². The van der Waals surface area contributed by atoms with Crippen LogP contribution in [0.5, 0.6) is 0 Å². The number of nitrogens with zero attached hydrogens (tertiary/aromatic N) is 2. The fraction of sp³-hybridized carbons (Fsp3) is 0.360. The van der Waals surface area contributed by atoms with E-state index >= 15 is 0 Å². The van der Waals surface area contributed by atoms with Gasteiger partial charge in [-0.15, -0.1) is 0 Å². The molecule has 1 fully saturated rings. The van der Waals surface area contributed by atoms with E-state index in [0.717, 1.165) is 34.9 Å². The molecule has 0 aromatic heterocycles. The summed E-state index contributed by atoms with van der Waals surface area (Å²) < 4.78 is 0. The van der Waals surface area contributed by atoms with Crippen molar-refractivity contribution in [2.45, 2.75) is 52.1 Å². The average Bonchev–Trinajstić information content (AvgIpc) is 2.95. The lowest BCUT2D eigenvalue weighted by molar-refractivity contribution is -0.123. The highest BCUT2D eigenvalue weighted by Gasteiger charge is 2.36. The van der Waals surface area contributed by atoms with Crippen LogP contribution in [0.2, 0.25) is 0 Å². The van der Waals surface area contributed by atoms with Crippen LogP contribution < -0.4 is 4.90 Å². The minimum Gasteiger partial charge on any atom is -0.369 e. The van der Waals surface area contributed by atoms with Gasteiger partial charge in [0.2, 0.25) is 0 Å². The third-order valence-electron chi connectivity index (χ3n) is 6.37. The molecule has 0 unspecified atom stereocenters. The summed E-state index contributed by atoms with van der Waals surface area (Å²) in [7, 11) is 2.15. The van der Waals surface area contributed by atoms with Crippen LogP contribution in [0.3, 0.4) is 0 Å². The number of benzene rings is 2. The van der Waals surface area contributed by atoms with Crippen molar-refractivity contribution in [3.05, 3.63) is 69.6 Å². The fourth-order valence-corrected chi connectivity index (χ4v) is 5.26. The zero-order valence-corrected chi connectivity index (χ0v) is 19.0. The molecule has 1 atom stereocenters. The molecular formula is C25H28N2O2S. The van der Waals surface area contributed by atoms with Gasteiger partial charge in [-0.1, -0.05) is 37.3 Å². The number of hydrogen-bond donors (Lipinski definition) is 0. The van der Waals surface area contributed by atoms with Gasteiger partial charge in [-0.2, -0.15) is 0 Å². The van der Waals surface area contributed by atoms with Crippen molar-refractivity contribution in [2.75, 3.05) is 11.9 Å². The largest absolute Gasteiger partial charge is 0.369 e. The number of anilines is 1. The van der Waals surface area contributed by atoms with Gasteiger partial charge in [0.1, 0.15) is 0 Å². The summed E-state index contributed by atoms with van der Waals surface area (Å²) in [4.78, 5) is 29.6. The quantitative estimate of drug-likeness (QED) is 0.575. The van der Waals surface area contributed by atoms with E-state index < -0.39 is 0 Å². The van der Waals surface area contributed by atoms with Gasteiger partial charge in [-0.05, 0) is 85.3 Å². The minimum atomic E-state index is -0.211. The summed E-state index contributed by atoms with van der Waals surface area (Å²) in [6.07, 6.45) is 2.96. The highest BCUT2D eigenvalue weighted by molar-refractivity contribution is 8.18. The Kier molecular flexibility index (Phi) is 5.27. The van der Waals surface area contributed by atoms with Crippen LogP contribution in [0, 0.1) is 6.92 Å². The number of carbonyl (C=O) groups excluding carboxylic acids is 2. The molecule has 0 bridgehead atoms. The van der Waals surface area contributed by atoms with Crippen molar-refractivity contribution >= 4 is 34.7 Å². The van der Waals surface area contributed by atoms with Crippen LogP contribution in [-0.4, -0.2) is 28.6 Å². The molecule has 2 aliphatic rings.